The maximum Gasteiger partial charge on any atom is 0.410 e. The summed E-state index contributed by atoms with van der Waals surface area (Å²) in [4.78, 5) is 20.4. The summed E-state index contributed by atoms with van der Waals surface area (Å²) in [6, 6.07) is 0. The Kier molecular flexibility index (Phi) is 6.73. The molecule has 0 atom stereocenters. The van der Waals surface area contributed by atoms with Crippen LogP contribution in [0, 0.1) is 13.8 Å². The van der Waals surface area contributed by atoms with Gasteiger partial charge in [-0.15, -0.1) is 0 Å². The molecule has 1 aromatic rings. The Bertz CT molecular complexity index is 681. The highest BCUT2D eigenvalue weighted by Gasteiger charge is 2.26. The first-order valence-corrected chi connectivity index (χ1v) is 9.60. The number of nitrogens with zero attached hydrogens (tertiary/aromatic N) is 5. The predicted octanol–water partition coefficient (Wildman–Crippen LogP) is 1.84. The lowest BCUT2D eigenvalue weighted by Gasteiger charge is -2.36. The Morgan fingerprint density at radius 2 is 1.78 bits per heavy atom. The third-order valence-corrected chi connectivity index (χ3v) is 4.77. The monoisotopic (exact) mass is 378 g/mol. The number of ether oxygens (including phenoxy) is 1. The second kappa shape index (κ2) is 8.63. The Morgan fingerprint density at radius 3 is 2.30 bits per heavy atom. The summed E-state index contributed by atoms with van der Waals surface area (Å²) in [5, 5.41) is 4.45. The van der Waals surface area contributed by atoms with Crippen LogP contribution in [-0.4, -0.2) is 70.0 Å². The van der Waals surface area contributed by atoms with Crippen molar-refractivity contribution in [1.82, 2.24) is 19.6 Å². The van der Waals surface area contributed by atoms with Gasteiger partial charge in [-0.2, -0.15) is 5.10 Å². The quantitative estimate of drug-likeness (QED) is 0.491. The molecule has 8 heteroatoms. The fraction of sp³-hybridized carbons (Fsp3) is 0.737. The molecule has 0 aromatic carbocycles. The number of rotatable bonds is 4. The molecule has 2 rings (SSSR count). The Morgan fingerprint density at radius 1 is 1.19 bits per heavy atom. The number of hydrogen-bond acceptors (Lipinski definition) is 4. The molecule has 0 saturated carbocycles. The zero-order valence-electron chi connectivity index (χ0n) is 17.6. The van der Waals surface area contributed by atoms with E-state index >= 15 is 0 Å². The first kappa shape index (κ1) is 21.1. The van der Waals surface area contributed by atoms with Crippen LogP contribution in [0.5, 0.6) is 0 Å². The fourth-order valence-electron chi connectivity index (χ4n) is 3.17. The summed E-state index contributed by atoms with van der Waals surface area (Å²) in [5.74, 6) is 0.554. The Balaban J connectivity index is 1.76. The highest BCUT2D eigenvalue weighted by atomic mass is 16.6. The van der Waals surface area contributed by atoms with Gasteiger partial charge in [-0.1, -0.05) is 0 Å². The van der Waals surface area contributed by atoms with Gasteiger partial charge in [0.2, 0.25) is 0 Å². The topological polar surface area (TPSA) is 89.0 Å². The maximum absolute atomic E-state index is 12.1. The molecule has 1 aliphatic heterocycles. The first-order chi connectivity index (χ1) is 12.6. The zero-order chi connectivity index (χ0) is 20.2. The maximum atomic E-state index is 12.1. The van der Waals surface area contributed by atoms with Crippen molar-refractivity contribution in [2.45, 2.75) is 53.1 Å². The minimum atomic E-state index is -0.473. The number of nitrogens with two attached hydrogens (primary N) is 1. The lowest BCUT2D eigenvalue weighted by Crippen LogP contribution is -2.53. The van der Waals surface area contributed by atoms with E-state index in [1.165, 1.54) is 11.3 Å². The molecule has 1 amide bonds. The van der Waals surface area contributed by atoms with Gasteiger partial charge in [0.25, 0.3) is 0 Å². The van der Waals surface area contributed by atoms with Crippen LogP contribution in [0.1, 0.15) is 44.1 Å². The number of piperazine rings is 1. The van der Waals surface area contributed by atoms with Crippen LogP contribution in [0.3, 0.4) is 0 Å². The fourth-order valence-corrected chi connectivity index (χ4v) is 3.17. The number of hydrogen-bond donors (Lipinski definition) is 1. The molecule has 152 valence electrons. The Hall–Kier alpha value is -2.25. The molecule has 0 unspecified atom stereocenters. The molecule has 1 aromatic heterocycles. The minimum absolute atomic E-state index is 0.264. The largest absolute Gasteiger partial charge is 0.444 e. The van der Waals surface area contributed by atoms with E-state index in [0.717, 1.165) is 18.5 Å². The lowest BCUT2D eigenvalue weighted by atomic mass is 10.1. The van der Waals surface area contributed by atoms with Crippen molar-refractivity contribution in [1.29, 1.82) is 0 Å². The van der Waals surface area contributed by atoms with Gasteiger partial charge in [0.15, 0.2) is 5.96 Å². The van der Waals surface area contributed by atoms with Gasteiger partial charge in [-0.3, -0.25) is 9.67 Å². The van der Waals surface area contributed by atoms with Gasteiger partial charge in [-0.25, -0.2) is 4.79 Å². The number of aromatic nitrogens is 2. The average molecular weight is 379 g/mol. The smallest absolute Gasteiger partial charge is 0.410 e. The summed E-state index contributed by atoms with van der Waals surface area (Å²) in [7, 11) is 1.97. The molecule has 27 heavy (non-hydrogen) atoms. The summed E-state index contributed by atoms with van der Waals surface area (Å²) >= 11 is 0. The van der Waals surface area contributed by atoms with E-state index in [1.807, 2.05) is 44.3 Å². The number of amides is 1. The molecule has 1 aliphatic rings. The molecular formula is C19H34N6O2. The van der Waals surface area contributed by atoms with Crippen molar-refractivity contribution >= 4 is 12.1 Å². The molecule has 2 heterocycles. The summed E-state index contributed by atoms with van der Waals surface area (Å²) < 4.78 is 7.34. The van der Waals surface area contributed by atoms with Crippen LogP contribution >= 0.6 is 0 Å². The van der Waals surface area contributed by atoms with Crippen LogP contribution in [0.15, 0.2) is 4.99 Å². The molecule has 0 aliphatic carbocycles. The van der Waals surface area contributed by atoms with Crippen LogP contribution in [0.25, 0.3) is 0 Å². The lowest BCUT2D eigenvalue weighted by molar-refractivity contribution is 0.0186. The van der Waals surface area contributed by atoms with E-state index in [0.29, 0.717) is 38.7 Å². The number of guanidine groups is 1. The van der Waals surface area contributed by atoms with Gasteiger partial charge in [0.05, 0.1) is 5.69 Å². The third-order valence-electron chi connectivity index (χ3n) is 4.77. The standard InChI is InChI=1S/C19H34N6O2/c1-14-16(15(2)23(6)22-14)8-7-9-21-17(20)24-10-12-25(13-11-24)18(26)27-19(3,4)5/h7-13H2,1-6H3,(H2,20,21). The summed E-state index contributed by atoms with van der Waals surface area (Å²) in [5.41, 5.74) is 9.27. The van der Waals surface area contributed by atoms with Gasteiger partial charge < -0.3 is 20.3 Å². The first-order valence-electron chi connectivity index (χ1n) is 9.60. The minimum Gasteiger partial charge on any atom is -0.444 e. The molecule has 0 bridgehead atoms. The van der Waals surface area contributed by atoms with Crippen molar-refractivity contribution in [3.8, 4) is 0 Å². The second-order valence-electron chi connectivity index (χ2n) is 8.07. The number of carbonyl (C=O) groups is 1. The van der Waals surface area contributed by atoms with E-state index < -0.39 is 5.60 Å². The molecule has 0 radical (unpaired) electrons. The molecule has 1 fully saturated rings. The van der Waals surface area contributed by atoms with Crippen LogP contribution < -0.4 is 5.73 Å². The third kappa shape index (κ3) is 5.87. The normalized spacial score (nSPS) is 16.0. The number of aryl methyl sites for hydroxylation is 2. The molecule has 0 spiro atoms. The highest BCUT2D eigenvalue weighted by Crippen LogP contribution is 2.14. The van der Waals surface area contributed by atoms with Crippen LogP contribution in [0.4, 0.5) is 4.79 Å². The molecule has 1 saturated heterocycles. The van der Waals surface area contributed by atoms with Gasteiger partial charge in [0, 0.05) is 45.5 Å². The van der Waals surface area contributed by atoms with E-state index in [4.69, 9.17) is 10.5 Å². The van der Waals surface area contributed by atoms with Crippen molar-refractivity contribution in [3.63, 3.8) is 0 Å². The van der Waals surface area contributed by atoms with Crippen molar-refractivity contribution in [2.75, 3.05) is 32.7 Å². The van der Waals surface area contributed by atoms with Crippen molar-refractivity contribution in [3.05, 3.63) is 17.0 Å². The summed E-state index contributed by atoms with van der Waals surface area (Å²) in [6.45, 7) is 13.0. The molecule has 8 nitrogen and oxygen atoms in total. The highest BCUT2D eigenvalue weighted by molar-refractivity contribution is 5.78. The van der Waals surface area contributed by atoms with Crippen LogP contribution in [-0.2, 0) is 18.2 Å². The van der Waals surface area contributed by atoms with E-state index in [-0.39, 0.29) is 6.09 Å². The van der Waals surface area contributed by atoms with Crippen molar-refractivity contribution < 1.29 is 9.53 Å². The van der Waals surface area contributed by atoms with Gasteiger partial charge in [0.1, 0.15) is 5.60 Å². The zero-order valence-corrected chi connectivity index (χ0v) is 17.6. The second-order valence-corrected chi connectivity index (χ2v) is 8.07. The van der Waals surface area contributed by atoms with E-state index in [2.05, 4.69) is 17.0 Å². The summed E-state index contributed by atoms with van der Waals surface area (Å²) in [6.07, 6.45) is 1.63. The number of aliphatic imine (C=N–C) groups is 1. The average Bonchev–Trinajstić information content (AvgIpc) is 2.82. The van der Waals surface area contributed by atoms with E-state index in [1.54, 1.807) is 4.90 Å². The SMILES string of the molecule is Cc1nn(C)c(C)c1CCCN=C(N)N1CCN(C(=O)OC(C)(C)C)CC1. The molecular weight excluding hydrogens is 344 g/mol. The van der Waals surface area contributed by atoms with Gasteiger partial charge in [-0.05, 0) is 53.0 Å². The van der Waals surface area contributed by atoms with E-state index in [9.17, 15) is 4.79 Å². The number of carbonyl (C=O) groups excluding carboxylic acids is 1. The van der Waals surface area contributed by atoms with Crippen LogP contribution in [0.2, 0.25) is 0 Å². The predicted molar refractivity (Wildman–Crippen MR) is 107 cm³/mol. The van der Waals surface area contributed by atoms with Crippen molar-refractivity contribution in [2.24, 2.45) is 17.8 Å². The van der Waals surface area contributed by atoms with Gasteiger partial charge >= 0.3 is 6.09 Å². The molecule has 2 N–H and O–H groups in total. The Labute approximate surface area is 162 Å².